The predicted molar refractivity (Wildman–Crippen MR) is 105 cm³/mol. The van der Waals surface area contributed by atoms with Gasteiger partial charge in [0.25, 0.3) is 0 Å². The topological polar surface area (TPSA) is 46.8 Å². The minimum Gasteiger partial charge on any atom is -0.488 e. The number of rotatable bonds is 6. The molecular weight excluding hydrogens is 324 g/mol. The fourth-order valence-electron chi connectivity index (χ4n) is 2.72. The molecule has 1 heterocycles. The van der Waals surface area contributed by atoms with Gasteiger partial charge in [-0.2, -0.15) is 5.10 Å². The van der Waals surface area contributed by atoms with Crippen LogP contribution in [0.15, 0.2) is 94.6 Å². The van der Waals surface area contributed by atoms with Crippen molar-refractivity contribution in [2.45, 2.75) is 6.61 Å². The molecule has 4 aromatic rings. The molecule has 4 heteroatoms. The van der Waals surface area contributed by atoms with Gasteiger partial charge in [0.2, 0.25) is 0 Å². The largest absolute Gasteiger partial charge is 0.488 e. The number of hydrazone groups is 1. The summed E-state index contributed by atoms with van der Waals surface area (Å²) in [6.07, 6.45) is 3.43. The zero-order valence-corrected chi connectivity index (χ0v) is 14.1. The number of furan rings is 1. The summed E-state index contributed by atoms with van der Waals surface area (Å²) in [5.41, 5.74) is 6.70. The zero-order valence-electron chi connectivity index (χ0n) is 14.1. The number of fused-ring (bicyclic) bond motifs is 1. The van der Waals surface area contributed by atoms with E-state index in [0.29, 0.717) is 6.61 Å². The molecule has 0 aliphatic rings. The van der Waals surface area contributed by atoms with Crippen LogP contribution in [0.3, 0.4) is 0 Å². The minimum atomic E-state index is 0.504. The first-order chi connectivity index (χ1) is 12.9. The standard InChI is InChI=1S/C22H18N2O2/c1-3-8-17(9-4-1)15-25-20-12-7-13-21-22(20)18(16-26-21)14-23-24-19-10-5-2-6-11-19/h1-14,16,24H,15H2/b23-14+. The van der Waals surface area contributed by atoms with Crippen molar-refractivity contribution in [1.82, 2.24) is 0 Å². The lowest BCUT2D eigenvalue weighted by Gasteiger charge is -2.07. The third kappa shape index (κ3) is 3.59. The smallest absolute Gasteiger partial charge is 0.138 e. The highest BCUT2D eigenvalue weighted by molar-refractivity contribution is 6.01. The molecule has 0 aliphatic heterocycles. The van der Waals surface area contributed by atoms with E-state index in [1.165, 1.54) is 0 Å². The molecule has 0 atom stereocenters. The molecule has 26 heavy (non-hydrogen) atoms. The molecule has 4 nitrogen and oxygen atoms in total. The van der Waals surface area contributed by atoms with Gasteiger partial charge in [-0.25, -0.2) is 0 Å². The van der Waals surface area contributed by atoms with E-state index in [4.69, 9.17) is 9.15 Å². The summed E-state index contributed by atoms with van der Waals surface area (Å²) in [6, 6.07) is 25.7. The van der Waals surface area contributed by atoms with Crippen LogP contribution in [0, 0.1) is 0 Å². The van der Waals surface area contributed by atoms with Gasteiger partial charge in [-0.1, -0.05) is 54.6 Å². The van der Waals surface area contributed by atoms with Crippen LogP contribution in [0.5, 0.6) is 5.75 Å². The van der Waals surface area contributed by atoms with E-state index in [-0.39, 0.29) is 0 Å². The number of nitrogens with one attached hydrogen (secondary N) is 1. The first-order valence-electron chi connectivity index (χ1n) is 8.41. The van der Waals surface area contributed by atoms with E-state index >= 15 is 0 Å². The first kappa shape index (κ1) is 16.0. The maximum atomic E-state index is 6.03. The molecule has 0 unspecified atom stereocenters. The summed E-state index contributed by atoms with van der Waals surface area (Å²) >= 11 is 0. The van der Waals surface area contributed by atoms with Crippen LogP contribution in [0.1, 0.15) is 11.1 Å². The number of para-hydroxylation sites is 1. The van der Waals surface area contributed by atoms with E-state index in [1.54, 1.807) is 12.5 Å². The fourth-order valence-corrected chi connectivity index (χ4v) is 2.72. The van der Waals surface area contributed by atoms with Gasteiger partial charge in [0, 0.05) is 5.56 Å². The van der Waals surface area contributed by atoms with Gasteiger partial charge in [0.05, 0.1) is 17.3 Å². The maximum absolute atomic E-state index is 6.03. The Morgan fingerprint density at radius 3 is 2.46 bits per heavy atom. The van der Waals surface area contributed by atoms with Crippen molar-refractivity contribution in [2.24, 2.45) is 5.10 Å². The van der Waals surface area contributed by atoms with Crippen molar-refractivity contribution in [3.05, 3.63) is 96.3 Å². The Kier molecular flexibility index (Phi) is 4.65. The lowest BCUT2D eigenvalue weighted by Crippen LogP contribution is -1.96. The van der Waals surface area contributed by atoms with Crippen LogP contribution < -0.4 is 10.2 Å². The monoisotopic (exact) mass is 342 g/mol. The molecule has 3 aromatic carbocycles. The number of hydrogen-bond acceptors (Lipinski definition) is 4. The quantitative estimate of drug-likeness (QED) is 0.374. The Morgan fingerprint density at radius 1 is 0.885 bits per heavy atom. The number of anilines is 1. The van der Waals surface area contributed by atoms with Gasteiger partial charge < -0.3 is 9.15 Å². The van der Waals surface area contributed by atoms with E-state index in [1.807, 2.05) is 78.9 Å². The Bertz CT molecular complexity index is 1010. The molecule has 0 saturated heterocycles. The molecule has 4 rings (SSSR count). The molecule has 0 saturated carbocycles. The molecule has 0 radical (unpaired) electrons. The summed E-state index contributed by atoms with van der Waals surface area (Å²) in [4.78, 5) is 0. The SMILES string of the molecule is C(=N\Nc1ccccc1)/c1coc2cccc(OCc3ccccc3)c12. The second-order valence-corrected chi connectivity index (χ2v) is 5.83. The lowest BCUT2D eigenvalue weighted by molar-refractivity contribution is 0.310. The molecule has 0 fully saturated rings. The Morgan fingerprint density at radius 2 is 1.65 bits per heavy atom. The summed E-state index contributed by atoms with van der Waals surface area (Å²) in [5, 5.41) is 5.22. The number of nitrogens with zero attached hydrogens (tertiary/aromatic N) is 1. The molecule has 1 N–H and O–H groups in total. The average Bonchev–Trinajstić information content (AvgIpc) is 3.12. The molecule has 1 aromatic heterocycles. The van der Waals surface area contributed by atoms with Gasteiger partial charge in [0.1, 0.15) is 24.2 Å². The summed E-state index contributed by atoms with van der Waals surface area (Å²) in [7, 11) is 0. The zero-order chi connectivity index (χ0) is 17.6. The van der Waals surface area contributed by atoms with Gasteiger partial charge >= 0.3 is 0 Å². The number of ether oxygens (including phenoxy) is 1. The second-order valence-electron chi connectivity index (χ2n) is 5.83. The first-order valence-corrected chi connectivity index (χ1v) is 8.41. The Labute approximate surface area is 151 Å². The summed E-state index contributed by atoms with van der Waals surface area (Å²) in [5.74, 6) is 0.779. The second kappa shape index (κ2) is 7.57. The third-order valence-corrected chi connectivity index (χ3v) is 4.00. The van der Waals surface area contributed by atoms with E-state index < -0.39 is 0 Å². The van der Waals surface area contributed by atoms with Crippen molar-refractivity contribution in [3.8, 4) is 5.75 Å². The van der Waals surface area contributed by atoms with E-state index in [2.05, 4.69) is 10.5 Å². The molecule has 0 amide bonds. The molecule has 0 bridgehead atoms. The summed E-state index contributed by atoms with van der Waals surface area (Å²) < 4.78 is 11.7. The molecular formula is C22H18N2O2. The average molecular weight is 342 g/mol. The molecule has 0 aliphatic carbocycles. The van der Waals surface area contributed by atoms with Gasteiger partial charge in [-0.15, -0.1) is 0 Å². The Balaban J connectivity index is 1.56. The van der Waals surface area contributed by atoms with Crippen LogP contribution in [-0.4, -0.2) is 6.21 Å². The van der Waals surface area contributed by atoms with Crippen LogP contribution >= 0.6 is 0 Å². The molecule has 128 valence electrons. The van der Waals surface area contributed by atoms with Gasteiger partial charge in [-0.3, -0.25) is 5.43 Å². The highest BCUT2D eigenvalue weighted by atomic mass is 16.5. The van der Waals surface area contributed by atoms with Crippen molar-refractivity contribution in [3.63, 3.8) is 0 Å². The highest BCUT2D eigenvalue weighted by Gasteiger charge is 2.10. The Hall–Kier alpha value is -3.53. The van der Waals surface area contributed by atoms with Crippen molar-refractivity contribution < 1.29 is 9.15 Å². The van der Waals surface area contributed by atoms with Gasteiger partial charge in [-0.05, 0) is 29.8 Å². The number of benzene rings is 3. The van der Waals surface area contributed by atoms with E-state index in [9.17, 15) is 0 Å². The van der Waals surface area contributed by atoms with Crippen LogP contribution in [0.2, 0.25) is 0 Å². The van der Waals surface area contributed by atoms with Crippen molar-refractivity contribution in [2.75, 3.05) is 5.43 Å². The summed E-state index contributed by atoms with van der Waals surface area (Å²) in [6.45, 7) is 0.504. The van der Waals surface area contributed by atoms with Crippen molar-refractivity contribution in [1.29, 1.82) is 0 Å². The van der Waals surface area contributed by atoms with Crippen LogP contribution in [0.4, 0.5) is 5.69 Å². The van der Waals surface area contributed by atoms with Gasteiger partial charge in [0.15, 0.2) is 0 Å². The fraction of sp³-hybridized carbons (Fsp3) is 0.0455. The predicted octanol–water partition coefficient (Wildman–Crippen LogP) is 5.46. The van der Waals surface area contributed by atoms with E-state index in [0.717, 1.165) is 33.5 Å². The normalized spacial score (nSPS) is 11.1. The number of hydrogen-bond donors (Lipinski definition) is 1. The highest BCUT2D eigenvalue weighted by Crippen LogP contribution is 2.30. The molecule has 0 spiro atoms. The third-order valence-electron chi connectivity index (χ3n) is 4.00. The van der Waals surface area contributed by atoms with Crippen LogP contribution in [0.25, 0.3) is 11.0 Å². The van der Waals surface area contributed by atoms with Crippen LogP contribution in [-0.2, 0) is 6.61 Å². The lowest BCUT2D eigenvalue weighted by atomic mass is 10.1. The maximum Gasteiger partial charge on any atom is 0.138 e. The minimum absolute atomic E-state index is 0.504. The van der Waals surface area contributed by atoms with Crippen molar-refractivity contribution >= 4 is 22.9 Å².